The zero-order chi connectivity index (χ0) is 17.1. The number of carbonyl (C=O) groups is 1. The Labute approximate surface area is 149 Å². The summed E-state index contributed by atoms with van der Waals surface area (Å²) in [6.07, 6.45) is 1.63. The second-order valence-corrected chi connectivity index (χ2v) is 6.55. The van der Waals surface area contributed by atoms with Crippen molar-refractivity contribution in [2.75, 3.05) is 18.1 Å². The molecule has 3 aromatic rings. The number of pyridine rings is 1. The molecule has 0 aliphatic carbocycles. The number of fused-ring (bicyclic) bond motifs is 1. The fourth-order valence-corrected chi connectivity index (χ4v) is 3.36. The molecule has 4 rings (SSSR count). The third kappa shape index (κ3) is 3.34. The highest BCUT2D eigenvalue weighted by Gasteiger charge is 2.22. The molecule has 126 valence electrons. The number of thiophene rings is 1. The molecule has 1 aromatic carbocycles. The van der Waals surface area contributed by atoms with Crippen LogP contribution in [0.5, 0.6) is 11.5 Å². The van der Waals surface area contributed by atoms with Crippen molar-refractivity contribution in [1.29, 1.82) is 0 Å². The Morgan fingerprint density at radius 3 is 2.72 bits per heavy atom. The summed E-state index contributed by atoms with van der Waals surface area (Å²) in [5, 5.41) is 2.00. The summed E-state index contributed by atoms with van der Waals surface area (Å²) in [5.41, 5.74) is 1.17. The molecule has 0 bridgehead atoms. The average molecular weight is 352 g/mol. The number of benzene rings is 1. The van der Waals surface area contributed by atoms with Gasteiger partial charge in [0.2, 0.25) is 0 Å². The van der Waals surface area contributed by atoms with Crippen molar-refractivity contribution in [2.45, 2.75) is 6.54 Å². The molecule has 2 aromatic heterocycles. The third-order valence-electron chi connectivity index (χ3n) is 3.86. The van der Waals surface area contributed by atoms with E-state index in [-0.39, 0.29) is 5.91 Å². The predicted molar refractivity (Wildman–Crippen MR) is 96.5 cm³/mol. The lowest BCUT2D eigenvalue weighted by Gasteiger charge is -2.25. The van der Waals surface area contributed by atoms with Crippen LogP contribution in [0.2, 0.25) is 0 Å². The van der Waals surface area contributed by atoms with Crippen LogP contribution in [0.4, 0.5) is 5.69 Å². The van der Waals surface area contributed by atoms with Gasteiger partial charge in [-0.3, -0.25) is 9.78 Å². The minimum atomic E-state index is -0.148. The molecule has 3 heterocycles. The number of rotatable bonds is 4. The van der Waals surface area contributed by atoms with Crippen molar-refractivity contribution < 1.29 is 14.3 Å². The number of amides is 1. The van der Waals surface area contributed by atoms with Gasteiger partial charge < -0.3 is 14.4 Å². The first-order valence-electron chi connectivity index (χ1n) is 7.96. The first kappa shape index (κ1) is 15.7. The third-order valence-corrected chi connectivity index (χ3v) is 4.72. The van der Waals surface area contributed by atoms with Gasteiger partial charge in [-0.1, -0.05) is 12.1 Å². The van der Waals surface area contributed by atoms with E-state index in [4.69, 9.17) is 9.47 Å². The molecular weight excluding hydrogens is 336 g/mol. The monoisotopic (exact) mass is 352 g/mol. The molecule has 25 heavy (non-hydrogen) atoms. The summed E-state index contributed by atoms with van der Waals surface area (Å²) < 4.78 is 11.2. The van der Waals surface area contributed by atoms with Crippen LogP contribution in [-0.4, -0.2) is 24.1 Å². The van der Waals surface area contributed by atoms with Crippen molar-refractivity contribution in [3.05, 3.63) is 70.7 Å². The lowest BCUT2D eigenvalue weighted by Crippen LogP contribution is -2.31. The highest BCUT2D eigenvalue weighted by molar-refractivity contribution is 7.09. The van der Waals surface area contributed by atoms with Crippen LogP contribution in [0, 0.1) is 0 Å². The Hall–Kier alpha value is -2.86. The van der Waals surface area contributed by atoms with Crippen LogP contribution < -0.4 is 14.4 Å². The molecule has 1 aliphatic rings. The molecule has 0 unspecified atom stereocenters. The predicted octanol–water partition coefficient (Wildman–Crippen LogP) is 3.76. The van der Waals surface area contributed by atoms with Gasteiger partial charge in [0.1, 0.15) is 18.9 Å². The summed E-state index contributed by atoms with van der Waals surface area (Å²) in [4.78, 5) is 20.0. The van der Waals surface area contributed by atoms with Gasteiger partial charge in [0.25, 0.3) is 5.91 Å². The van der Waals surface area contributed by atoms with Crippen molar-refractivity contribution >= 4 is 22.9 Å². The summed E-state index contributed by atoms with van der Waals surface area (Å²) in [7, 11) is 0. The Bertz CT molecular complexity index is 866. The molecule has 0 spiro atoms. The maximum atomic E-state index is 13.0. The Kier molecular flexibility index (Phi) is 4.35. The standard InChI is InChI=1S/C19H16N2O3S/c22-19(16-5-1-2-8-20-16)21(13-15-4-3-11-25-15)14-6-7-17-18(12-14)24-10-9-23-17/h1-8,11-12H,9-10,13H2. The van der Waals surface area contributed by atoms with Crippen molar-refractivity contribution in [1.82, 2.24) is 4.98 Å². The van der Waals surface area contributed by atoms with E-state index in [9.17, 15) is 4.79 Å². The van der Waals surface area contributed by atoms with E-state index in [0.717, 1.165) is 10.6 Å². The van der Waals surface area contributed by atoms with Gasteiger partial charge >= 0.3 is 0 Å². The number of hydrogen-bond donors (Lipinski definition) is 0. The minimum absolute atomic E-state index is 0.148. The fourth-order valence-electron chi connectivity index (χ4n) is 2.67. The van der Waals surface area contributed by atoms with Gasteiger partial charge in [-0.05, 0) is 35.7 Å². The van der Waals surface area contributed by atoms with E-state index in [2.05, 4.69) is 4.98 Å². The van der Waals surface area contributed by atoms with Crippen LogP contribution >= 0.6 is 11.3 Å². The summed E-state index contributed by atoms with van der Waals surface area (Å²) >= 11 is 1.62. The lowest BCUT2D eigenvalue weighted by molar-refractivity contribution is 0.0980. The highest BCUT2D eigenvalue weighted by Crippen LogP contribution is 2.35. The van der Waals surface area contributed by atoms with Gasteiger partial charge in [0.05, 0.1) is 6.54 Å². The normalized spacial score (nSPS) is 12.6. The summed E-state index contributed by atoms with van der Waals surface area (Å²) in [5.74, 6) is 1.22. The highest BCUT2D eigenvalue weighted by atomic mass is 32.1. The number of aromatic nitrogens is 1. The Balaban J connectivity index is 1.71. The maximum Gasteiger partial charge on any atom is 0.277 e. The largest absolute Gasteiger partial charge is 0.486 e. The van der Waals surface area contributed by atoms with Gasteiger partial charge in [0, 0.05) is 22.8 Å². The molecular formula is C19H16N2O3S. The Morgan fingerprint density at radius 2 is 1.96 bits per heavy atom. The average Bonchev–Trinajstić information content (AvgIpc) is 3.19. The first-order valence-corrected chi connectivity index (χ1v) is 8.84. The van der Waals surface area contributed by atoms with E-state index in [1.807, 2.05) is 41.8 Å². The SMILES string of the molecule is O=C(c1ccccn1)N(Cc1cccs1)c1ccc2c(c1)OCCO2. The quantitative estimate of drug-likeness (QED) is 0.717. The van der Waals surface area contributed by atoms with Crippen molar-refractivity contribution in [3.63, 3.8) is 0 Å². The number of ether oxygens (including phenoxy) is 2. The summed E-state index contributed by atoms with van der Waals surface area (Å²) in [6.45, 7) is 1.53. The van der Waals surface area contributed by atoms with Gasteiger partial charge in [0.15, 0.2) is 11.5 Å². The molecule has 1 amide bonds. The first-order chi connectivity index (χ1) is 12.3. The van der Waals surface area contributed by atoms with Crippen LogP contribution in [-0.2, 0) is 6.54 Å². The van der Waals surface area contributed by atoms with E-state index in [1.165, 1.54) is 0 Å². The van der Waals surface area contributed by atoms with E-state index in [0.29, 0.717) is 37.0 Å². The van der Waals surface area contributed by atoms with Gasteiger partial charge in [-0.15, -0.1) is 11.3 Å². The molecule has 0 saturated carbocycles. The molecule has 0 fully saturated rings. The molecule has 5 nitrogen and oxygen atoms in total. The van der Waals surface area contributed by atoms with Crippen LogP contribution in [0.3, 0.4) is 0 Å². The van der Waals surface area contributed by atoms with Crippen LogP contribution in [0.1, 0.15) is 15.4 Å². The number of anilines is 1. The smallest absolute Gasteiger partial charge is 0.277 e. The second kappa shape index (κ2) is 6.94. The minimum Gasteiger partial charge on any atom is -0.486 e. The Morgan fingerprint density at radius 1 is 1.08 bits per heavy atom. The van der Waals surface area contributed by atoms with Gasteiger partial charge in [-0.2, -0.15) is 0 Å². The van der Waals surface area contributed by atoms with E-state index < -0.39 is 0 Å². The number of nitrogens with zero attached hydrogens (tertiary/aromatic N) is 2. The second-order valence-electron chi connectivity index (χ2n) is 5.51. The van der Waals surface area contributed by atoms with Crippen LogP contribution in [0.15, 0.2) is 60.1 Å². The zero-order valence-corrected chi connectivity index (χ0v) is 14.2. The fraction of sp³-hybridized carbons (Fsp3) is 0.158. The van der Waals surface area contributed by atoms with Crippen molar-refractivity contribution in [3.8, 4) is 11.5 Å². The number of carbonyl (C=O) groups excluding carboxylic acids is 1. The van der Waals surface area contributed by atoms with E-state index >= 15 is 0 Å². The maximum absolute atomic E-state index is 13.0. The topological polar surface area (TPSA) is 51.7 Å². The molecule has 0 atom stereocenters. The van der Waals surface area contributed by atoms with E-state index in [1.54, 1.807) is 34.6 Å². The molecule has 0 saturated heterocycles. The lowest BCUT2D eigenvalue weighted by atomic mass is 10.2. The summed E-state index contributed by atoms with van der Waals surface area (Å²) in [6, 6.07) is 14.9. The molecule has 0 N–H and O–H groups in total. The van der Waals surface area contributed by atoms with Gasteiger partial charge in [-0.25, -0.2) is 0 Å². The van der Waals surface area contributed by atoms with Crippen LogP contribution in [0.25, 0.3) is 0 Å². The van der Waals surface area contributed by atoms with Crippen molar-refractivity contribution in [2.24, 2.45) is 0 Å². The molecule has 1 aliphatic heterocycles. The zero-order valence-electron chi connectivity index (χ0n) is 13.4. The molecule has 0 radical (unpaired) electrons. The molecule has 6 heteroatoms. The number of hydrogen-bond acceptors (Lipinski definition) is 5.